The molecule has 106 valence electrons. The lowest BCUT2D eigenvalue weighted by atomic mass is 9.80. The molecule has 2 heterocycles. The van der Waals surface area contributed by atoms with Crippen LogP contribution in [0.25, 0.3) is 0 Å². The van der Waals surface area contributed by atoms with Gasteiger partial charge in [-0.3, -0.25) is 9.59 Å². The van der Waals surface area contributed by atoms with Crippen molar-refractivity contribution in [1.82, 2.24) is 0 Å². The number of rotatable bonds is 1. The number of hydrogen-bond donors (Lipinski definition) is 0. The van der Waals surface area contributed by atoms with Crippen molar-refractivity contribution in [2.45, 2.75) is 63.9 Å². The van der Waals surface area contributed by atoms with Crippen LogP contribution in [0.5, 0.6) is 0 Å². The van der Waals surface area contributed by atoms with Crippen LogP contribution in [0.1, 0.15) is 45.4 Å². The summed E-state index contributed by atoms with van der Waals surface area (Å²) in [5.41, 5.74) is 0. The summed E-state index contributed by atoms with van der Waals surface area (Å²) in [6.45, 7) is 2.11. The predicted octanol–water partition coefficient (Wildman–Crippen LogP) is 1.79. The van der Waals surface area contributed by atoms with Crippen LogP contribution < -0.4 is 0 Å². The third-order valence-corrected chi connectivity index (χ3v) is 4.38. The first-order valence-electron chi connectivity index (χ1n) is 7.18. The Morgan fingerprint density at radius 1 is 0.947 bits per heavy atom. The molecule has 3 aliphatic rings. The zero-order valence-electron chi connectivity index (χ0n) is 11.2. The summed E-state index contributed by atoms with van der Waals surface area (Å²) in [6, 6.07) is 0. The van der Waals surface area contributed by atoms with Crippen molar-refractivity contribution in [1.29, 1.82) is 0 Å². The van der Waals surface area contributed by atoms with Gasteiger partial charge in [-0.1, -0.05) is 6.92 Å². The number of carbonyl (C=O) groups excluding carboxylic acids is 2. The van der Waals surface area contributed by atoms with E-state index in [2.05, 4.69) is 6.92 Å². The molecule has 0 amide bonds. The van der Waals surface area contributed by atoms with Crippen molar-refractivity contribution in [2.75, 3.05) is 0 Å². The second-order valence-electron chi connectivity index (χ2n) is 5.88. The Morgan fingerprint density at radius 3 is 2.16 bits per heavy atom. The van der Waals surface area contributed by atoms with Gasteiger partial charge in [-0.25, -0.2) is 0 Å². The topological polar surface area (TPSA) is 65.1 Å². The van der Waals surface area contributed by atoms with Crippen molar-refractivity contribution >= 4 is 11.9 Å². The quantitative estimate of drug-likeness (QED) is 0.536. The molecular formula is C14H20O5. The van der Waals surface area contributed by atoms with Crippen LogP contribution in [0.3, 0.4) is 0 Å². The highest BCUT2D eigenvalue weighted by Crippen LogP contribution is 2.44. The van der Waals surface area contributed by atoms with Gasteiger partial charge >= 0.3 is 11.9 Å². The third-order valence-electron chi connectivity index (χ3n) is 4.38. The monoisotopic (exact) mass is 268 g/mol. The highest BCUT2D eigenvalue weighted by atomic mass is 16.7. The number of cyclic esters (lactones) is 2. The first-order valence-corrected chi connectivity index (χ1v) is 7.18. The van der Waals surface area contributed by atoms with Gasteiger partial charge in [0, 0.05) is 18.8 Å². The van der Waals surface area contributed by atoms with Crippen molar-refractivity contribution in [2.24, 2.45) is 11.8 Å². The minimum Gasteiger partial charge on any atom is -0.425 e. The van der Waals surface area contributed by atoms with Crippen molar-refractivity contribution < 1.29 is 23.8 Å². The molecule has 19 heavy (non-hydrogen) atoms. The zero-order chi connectivity index (χ0) is 13.4. The summed E-state index contributed by atoms with van der Waals surface area (Å²) < 4.78 is 16.3. The fraction of sp³-hybridized carbons (Fsp3) is 0.857. The maximum absolute atomic E-state index is 11.7. The number of esters is 2. The van der Waals surface area contributed by atoms with E-state index in [4.69, 9.17) is 14.2 Å². The predicted molar refractivity (Wildman–Crippen MR) is 65.0 cm³/mol. The standard InChI is InChI=1S/C14H20O5/c1-8-6-10-11(17-10)7-9(8)14-18-12(15)4-2-3-5-13(16)19-14/h8-11,14H,2-7H2,1H3. The molecule has 0 bridgehead atoms. The summed E-state index contributed by atoms with van der Waals surface area (Å²) in [6.07, 6.45) is 3.81. The number of fused-ring (bicyclic) bond motifs is 1. The molecule has 2 aliphatic heterocycles. The Kier molecular flexibility index (Phi) is 3.48. The SMILES string of the molecule is CC1CC2OC2CC1C1OC(=O)CCCCC(=O)O1. The van der Waals surface area contributed by atoms with Gasteiger partial charge in [-0.2, -0.15) is 0 Å². The average Bonchev–Trinajstić information content (AvgIpc) is 3.09. The third kappa shape index (κ3) is 2.91. The zero-order valence-corrected chi connectivity index (χ0v) is 11.2. The molecule has 0 radical (unpaired) electrons. The van der Waals surface area contributed by atoms with Crippen LogP contribution in [0.2, 0.25) is 0 Å². The van der Waals surface area contributed by atoms with Crippen molar-refractivity contribution in [3.63, 3.8) is 0 Å². The minimum absolute atomic E-state index is 0.0646. The van der Waals surface area contributed by atoms with Crippen LogP contribution in [0, 0.1) is 11.8 Å². The van der Waals surface area contributed by atoms with E-state index < -0.39 is 6.29 Å². The lowest BCUT2D eigenvalue weighted by Gasteiger charge is -2.32. The second-order valence-corrected chi connectivity index (χ2v) is 5.88. The van der Waals surface area contributed by atoms with Gasteiger partial charge in [-0.05, 0) is 31.6 Å². The van der Waals surface area contributed by atoms with E-state index in [1.165, 1.54) is 0 Å². The van der Waals surface area contributed by atoms with Gasteiger partial charge in [0.1, 0.15) is 0 Å². The van der Waals surface area contributed by atoms with E-state index in [1.54, 1.807) is 0 Å². The Labute approximate surface area is 112 Å². The fourth-order valence-electron chi connectivity index (χ4n) is 3.13. The highest BCUT2D eigenvalue weighted by Gasteiger charge is 2.50. The van der Waals surface area contributed by atoms with E-state index >= 15 is 0 Å². The Morgan fingerprint density at radius 2 is 1.53 bits per heavy atom. The summed E-state index contributed by atoms with van der Waals surface area (Å²) in [7, 11) is 0. The van der Waals surface area contributed by atoms with E-state index in [0.717, 1.165) is 12.8 Å². The molecule has 2 saturated heterocycles. The Bertz CT molecular complexity index is 360. The van der Waals surface area contributed by atoms with Gasteiger partial charge < -0.3 is 14.2 Å². The molecule has 0 aromatic rings. The van der Waals surface area contributed by atoms with Crippen LogP contribution in [-0.2, 0) is 23.8 Å². The average molecular weight is 268 g/mol. The van der Waals surface area contributed by atoms with Gasteiger partial charge in [0.2, 0.25) is 0 Å². The number of hydrogen-bond acceptors (Lipinski definition) is 5. The van der Waals surface area contributed by atoms with E-state index in [0.29, 0.717) is 37.7 Å². The molecule has 5 heteroatoms. The van der Waals surface area contributed by atoms with Crippen molar-refractivity contribution in [3.05, 3.63) is 0 Å². The van der Waals surface area contributed by atoms with Crippen LogP contribution >= 0.6 is 0 Å². The Hall–Kier alpha value is -1.10. The highest BCUT2D eigenvalue weighted by molar-refractivity contribution is 5.72. The first-order chi connectivity index (χ1) is 9.13. The smallest absolute Gasteiger partial charge is 0.308 e. The summed E-state index contributed by atoms with van der Waals surface area (Å²) >= 11 is 0. The first kappa shape index (κ1) is 12.9. The van der Waals surface area contributed by atoms with Gasteiger partial charge in [0.15, 0.2) is 0 Å². The maximum atomic E-state index is 11.7. The summed E-state index contributed by atoms with van der Waals surface area (Å²) in [5, 5.41) is 0. The minimum atomic E-state index is -0.724. The molecule has 4 atom stereocenters. The molecular weight excluding hydrogens is 248 g/mol. The fourth-order valence-corrected chi connectivity index (χ4v) is 3.13. The molecule has 3 fully saturated rings. The Balaban J connectivity index is 1.70. The molecule has 1 aliphatic carbocycles. The lowest BCUT2D eigenvalue weighted by molar-refractivity contribution is -0.202. The molecule has 5 nitrogen and oxygen atoms in total. The molecule has 0 N–H and O–H groups in total. The van der Waals surface area contributed by atoms with Gasteiger partial charge in [0.05, 0.1) is 12.2 Å². The number of ether oxygens (including phenoxy) is 3. The molecule has 0 aromatic heterocycles. The second kappa shape index (κ2) is 5.12. The summed E-state index contributed by atoms with van der Waals surface area (Å²) in [4.78, 5) is 23.4. The molecule has 3 rings (SSSR count). The lowest BCUT2D eigenvalue weighted by Crippen LogP contribution is -2.38. The molecule has 1 saturated carbocycles. The van der Waals surface area contributed by atoms with Crippen LogP contribution in [-0.4, -0.2) is 30.4 Å². The van der Waals surface area contributed by atoms with E-state index in [1.807, 2.05) is 0 Å². The summed E-state index contributed by atoms with van der Waals surface area (Å²) in [5.74, 6) is -0.110. The van der Waals surface area contributed by atoms with Crippen LogP contribution in [0.15, 0.2) is 0 Å². The van der Waals surface area contributed by atoms with Gasteiger partial charge in [0.25, 0.3) is 6.29 Å². The van der Waals surface area contributed by atoms with Gasteiger partial charge in [-0.15, -0.1) is 0 Å². The molecule has 0 aromatic carbocycles. The molecule has 4 unspecified atom stereocenters. The maximum Gasteiger partial charge on any atom is 0.308 e. The normalized spacial score (nSPS) is 40.3. The van der Waals surface area contributed by atoms with E-state index in [9.17, 15) is 9.59 Å². The van der Waals surface area contributed by atoms with Crippen LogP contribution in [0.4, 0.5) is 0 Å². The van der Waals surface area contributed by atoms with Crippen molar-refractivity contribution in [3.8, 4) is 0 Å². The largest absolute Gasteiger partial charge is 0.425 e. The number of carbonyl (C=O) groups is 2. The van der Waals surface area contributed by atoms with E-state index in [-0.39, 0.29) is 24.0 Å². The number of epoxide rings is 1. The molecule has 0 spiro atoms.